The van der Waals surface area contributed by atoms with Crippen LogP contribution < -0.4 is 9.04 Å². The van der Waals surface area contributed by atoms with Gasteiger partial charge in [-0.2, -0.15) is 0 Å². The minimum absolute atomic E-state index is 0.0157. The smallest absolute Gasteiger partial charge is 0.264 e. The van der Waals surface area contributed by atoms with Crippen molar-refractivity contribution in [3.63, 3.8) is 0 Å². The summed E-state index contributed by atoms with van der Waals surface area (Å²) < 4.78 is 63.5. The molecule has 0 aromatic heterocycles. The van der Waals surface area contributed by atoms with E-state index in [0.29, 0.717) is 30.8 Å². The van der Waals surface area contributed by atoms with Crippen LogP contribution in [0.15, 0.2) is 65.6 Å². The van der Waals surface area contributed by atoms with Gasteiger partial charge in [0.1, 0.15) is 23.5 Å². The van der Waals surface area contributed by atoms with Crippen LogP contribution in [0.1, 0.15) is 18.9 Å². The lowest BCUT2D eigenvalue weighted by molar-refractivity contribution is -0.135. The lowest BCUT2D eigenvalue weighted by Crippen LogP contribution is -2.52. The van der Waals surface area contributed by atoms with Crippen molar-refractivity contribution >= 4 is 21.6 Å². The Labute approximate surface area is 209 Å². The number of amides is 1. The summed E-state index contributed by atoms with van der Waals surface area (Å²) in [6.07, 6.45) is 0.163. The average Bonchev–Trinajstić information content (AvgIpc) is 2.81. The first-order chi connectivity index (χ1) is 17.1. The van der Waals surface area contributed by atoms with Crippen molar-refractivity contribution in [1.29, 1.82) is 0 Å². The molecular weight excluding hydrogens is 486 g/mol. The van der Waals surface area contributed by atoms with Gasteiger partial charge in [0.05, 0.1) is 17.1 Å². The second kappa shape index (κ2) is 9.20. The summed E-state index contributed by atoms with van der Waals surface area (Å²) in [6, 6.07) is 14.5. The summed E-state index contributed by atoms with van der Waals surface area (Å²) in [4.78, 5) is 13.4. The van der Waals surface area contributed by atoms with Crippen LogP contribution in [0.4, 0.5) is 14.5 Å². The zero-order chi connectivity index (χ0) is 25.6. The van der Waals surface area contributed by atoms with Gasteiger partial charge in [-0.25, -0.2) is 17.2 Å². The number of fused-ring (bicyclic) bond motifs is 1. The number of rotatable bonds is 5. The molecule has 2 aliphatic heterocycles. The number of carbonyl (C=O) groups is 1. The van der Waals surface area contributed by atoms with Crippen LogP contribution in [0.25, 0.3) is 11.1 Å². The minimum atomic E-state index is -3.98. The zero-order valence-corrected chi connectivity index (χ0v) is 20.8. The van der Waals surface area contributed by atoms with Crippen molar-refractivity contribution in [1.82, 2.24) is 4.90 Å². The largest absolute Gasteiger partial charge is 0.486 e. The van der Waals surface area contributed by atoms with Crippen LogP contribution in [0, 0.1) is 24.5 Å². The Bertz CT molecular complexity index is 1440. The summed E-state index contributed by atoms with van der Waals surface area (Å²) in [6.45, 7) is 4.64. The topological polar surface area (TPSA) is 66.9 Å². The molecule has 0 radical (unpaired) electrons. The molecule has 0 saturated carbocycles. The Morgan fingerprint density at radius 1 is 1.03 bits per heavy atom. The van der Waals surface area contributed by atoms with E-state index in [2.05, 4.69) is 0 Å². The minimum Gasteiger partial charge on any atom is -0.486 e. The third-order valence-electron chi connectivity index (χ3n) is 6.71. The molecule has 0 bridgehead atoms. The number of halogens is 2. The van der Waals surface area contributed by atoms with E-state index >= 15 is 0 Å². The highest BCUT2D eigenvalue weighted by Crippen LogP contribution is 2.41. The Kier molecular flexibility index (Phi) is 6.20. The van der Waals surface area contributed by atoms with Crippen LogP contribution in [-0.4, -0.2) is 45.0 Å². The lowest BCUT2D eigenvalue weighted by Gasteiger charge is -2.42. The van der Waals surface area contributed by atoms with Gasteiger partial charge in [0, 0.05) is 25.6 Å². The maximum atomic E-state index is 14.5. The van der Waals surface area contributed by atoms with Crippen LogP contribution in [0.2, 0.25) is 0 Å². The molecule has 0 N–H and O–H groups in total. The molecule has 2 aliphatic rings. The van der Waals surface area contributed by atoms with Gasteiger partial charge in [-0.3, -0.25) is 9.10 Å². The van der Waals surface area contributed by atoms with Gasteiger partial charge >= 0.3 is 0 Å². The summed E-state index contributed by atoms with van der Waals surface area (Å²) in [5.41, 5.74) is 1.45. The van der Waals surface area contributed by atoms with Gasteiger partial charge in [-0.1, -0.05) is 18.2 Å². The number of hydrogen-bond donors (Lipinski definition) is 0. The van der Waals surface area contributed by atoms with Crippen molar-refractivity contribution in [3.05, 3.63) is 77.9 Å². The van der Waals surface area contributed by atoms with Crippen LogP contribution >= 0.6 is 0 Å². The fraction of sp³-hybridized carbons (Fsp3) is 0.296. The van der Waals surface area contributed by atoms with Crippen molar-refractivity contribution in [2.75, 3.05) is 23.9 Å². The second-order valence-electron chi connectivity index (χ2n) is 9.42. The fourth-order valence-corrected chi connectivity index (χ4v) is 6.40. The number of ether oxygens (including phenoxy) is 1. The Morgan fingerprint density at radius 3 is 2.53 bits per heavy atom. The summed E-state index contributed by atoms with van der Waals surface area (Å²) in [7, 11) is -3.98. The van der Waals surface area contributed by atoms with Crippen molar-refractivity contribution < 1.29 is 26.7 Å². The van der Waals surface area contributed by atoms with E-state index < -0.39 is 27.8 Å². The predicted molar refractivity (Wildman–Crippen MR) is 132 cm³/mol. The van der Waals surface area contributed by atoms with Gasteiger partial charge in [0.2, 0.25) is 5.91 Å². The first-order valence-corrected chi connectivity index (χ1v) is 13.2. The van der Waals surface area contributed by atoms with Crippen LogP contribution in [0.3, 0.4) is 0 Å². The monoisotopic (exact) mass is 512 g/mol. The molecule has 36 heavy (non-hydrogen) atoms. The number of anilines is 1. The highest BCUT2D eigenvalue weighted by Gasteiger charge is 2.38. The molecule has 0 unspecified atom stereocenters. The van der Waals surface area contributed by atoms with E-state index in [4.69, 9.17) is 4.74 Å². The molecule has 5 rings (SSSR count). The lowest BCUT2D eigenvalue weighted by atomic mass is 9.92. The molecule has 9 heteroatoms. The van der Waals surface area contributed by atoms with Gasteiger partial charge in [-0.05, 0) is 72.9 Å². The predicted octanol–water partition coefficient (Wildman–Crippen LogP) is 4.76. The molecular formula is C27H26F2N2O4S. The maximum Gasteiger partial charge on any atom is 0.264 e. The molecule has 6 nitrogen and oxygen atoms in total. The van der Waals surface area contributed by atoms with E-state index in [0.717, 1.165) is 23.8 Å². The van der Waals surface area contributed by atoms with Gasteiger partial charge in [-0.15, -0.1) is 0 Å². The molecule has 1 amide bonds. The molecule has 0 aliphatic carbocycles. The van der Waals surface area contributed by atoms with Gasteiger partial charge in [0.25, 0.3) is 10.0 Å². The van der Waals surface area contributed by atoms with Gasteiger partial charge < -0.3 is 9.64 Å². The Morgan fingerprint density at radius 2 is 1.81 bits per heavy atom. The normalized spacial score (nSPS) is 17.8. The third kappa shape index (κ3) is 4.55. The highest BCUT2D eigenvalue weighted by molar-refractivity contribution is 7.92. The van der Waals surface area contributed by atoms with Crippen molar-refractivity contribution in [2.45, 2.75) is 31.3 Å². The van der Waals surface area contributed by atoms with E-state index in [1.54, 1.807) is 35.2 Å². The molecule has 1 fully saturated rings. The number of nitrogens with zero attached hydrogens (tertiary/aromatic N) is 2. The molecule has 3 aromatic rings. The molecule has 3 aromatic carbocycles. The van der Waals surface area contributed by atoms with Crippen molar-refractivity contribution in [2.24, 2.45) is 5.92 Å². The number of benzene rings is 3. The maximum absolute atomic E-state index is 14.5. The molecule has 2 heterocycles. The Hall–Kier alpha value is -3.46. The van der Waals surface area contributed by atoms with Crippen LogP contribution in [0.5, 0.6) is 5.75 Å². The molecule has 1 atom stereocenters. The van der Waals surface area contributed by atoms with Crippen molar-refractivity contribution in [3.8, 4) is 16.9 Å². The first-order valence-electron chi connectivity index (χ1n) is 11.7. The average molecular weight is 513 g/mol. The highest BCUT2D eigenvalue weighted by atomic mass is 32.2. The number of likely N-dealkylation sites (tertiary alicyclic amines) is 1. The van der Waals surface area contributed by atoms with Crippen LogP contribution in [-0.2, 0) is 14.8 Å². The number of carbonyl (C=O) groups excluding carboxylic acids is 1. The molecule has 1 saturated heterocycles. The third-order valence-corrected chi connectivity index (χ3v) is 8.48. The summed E-state index contributed by atoms with van der Waals surface area (Å²) in [5.74, 6) is -0.624. The quantitative estimate of drug-likeness (QED) is 0.494. The van der Waals surface area contributed by atoms with E-state index in [9.17, 15) is 22.0 Å². The molecule has 188 valence electrons. The zero-order valence-electron chi connectivity index (χ0n) is 19.9. The second-order valence-corrected chi connectivity index (χ2v) is 11.3. The Balaban J connectivity index is 1.53. The van der Waals surface area contributed by atoms with E-state index in [-0.39, 0.29) is 34.5 Å². The SMILES string of the molecule is CC(=O)N1CC(C[C@H]2CN(S(=O)(=O)c3cccc(C)c3)c3cc(-c4cc(F)ccc4F)ccc3O2)C1. The molecule has 0 spiro atoms. The summed E-state index contributed by atoms with van der Waals surface area (Å²) >= 11 is 0. The first kappa shape index (κ1) is 24.2. The van der Waals surface area contributed by atoms with E-state index in [1.165, 1.54) is 17.3 Å². The standard InChI is InChI=1S/C27H26F2N2O4S/c1-17-4-3-5-23(10-17)36(33,34)31-16-22(11-19-14-30(15-19)18(2)32)35-27-9-6-20(12-26(27)31)24-13-21(28)7-8-25(24)29/h3-10,12-13,19,22H,11,14-16H2,1-2H3/t22-/m0/s1. The summed E-state index contributed by atoms with van der Waals surface area (Å²) in [5, 5.41) is 0. The number of aryl methyl sites for hydroxylation is 1. The van der Waals surface area contributed by atoms with E-state index in [1.807, 2.05) is 13.0 Å². The number of sulfonamides is 1. The number of hydrogen-bond acceptors (Lipinski definition) is 4. The van der Waals surface area contributed by atoms with Gasteiger partial charge in [0.15, 0.2) is 0 Å². The fourth-order valence-electron chi connectivity index (χ4n) is 4.80.